The second-order valence-corrected chi connectivity index (χ2v) is 6.57. The molecule has 2 aliphatic rings. The Hall–Kier alpha value is -1.22. The van der Waals surface area contributed by atoms with Gasteiger partial charge in [-0.25, -0.2) is 0 Å². The number of ether oxygens (including phenoxy) is 2. The third-order valence-corrected chi connectivity index (χ3v) is 4.68. The number of nitrogens with two attached hydrogens (primary N) is 1. The Balaban J connectivity index is 1.85. The van der Waals surface area contributed by atoms with Crippen molar-refractivity contribution in [3.8, 4) is 11.5 Å². The molecule has 0 saturated heterocycles. The molecular weight excluding hydrogens is 250 g/mol. The van der Waals surface area contributed by atoms with Crippen molar-refractivity contribution in [1.29, 1.82) is 0 Å². The molecule has 3 rings (SSSR count). The molecule has 3 heteroatoms. The van der Waals surface area contributed by atoms with Crippen LogP contribution in [0.15, 0.2) is 18.2 Å². The maximum absolute atomic E-state index is 6.58. The van der Waals surface area contributed by atoms with E-state index in [9.17, 15) is 0 Å². The van der Waals surface area contributed by atoms with E-state index in [-0.39, 0.29) is 6.04 Å². The first-order chi connectivity index (χ1) is 9.65. The molecule has 1 aromatic carbocycles. The molecule has 0 bridgehead atoms. The van der Waals surface area contributed by atoms with Gasteiger partial charge in [-0.15, -0.1) is 0 Å². The van der Waals surface area contributed by atoms with Crippen LogP contribution < -0.4 is 15.2 Å². The molecule has 1 fully saturated rings. The summed E-state index contributed by atoms with van der Waals surface area (Å²) in [4.78, 5) is 0. The van der Waals surface area contributed by atoms with Crippen LogP contribution in [-0.4, -0.2) is 13.2 Å². The summed E-state index contributed by atoms with van der Waals surface area (Å²) in [5.74, 6) is 3.81. The number of benzene rings is 1. The molecule has 1 aromatic rings. The van der Waals surface area contributed by atoms with Crippen LogP contribution in [0.3, 0.4) is 0 Å². The van der Waals surface area contributed by atoms with Crippen LogP contribution in [0.25, 0.3) is 0 Å². The minimum atomic E-state index is 0.0526. The molecule has 1 aliphatic heterocycles. The Morgan fingerprint density at radius 1 is 1.05 bits per heavy atom. The van der Waals surface area contributed by atoms with E-state index in [4.69, 9.17) is 15.2 Å². The van der Waals surface area contributed by atoms with Gasteiger partial charge in [0.05, 0.1) is 0 Å². The molecule has 110 valence electrons. The van der Waals surface area contributed by atoms with Crippen LogP contribution in [0.5, 0.6) is 11.5 Å². The van der Waals surface area contributed by atoms with Crippen molar-refractivity contribution in [2.45, 2.75) is 39.2 Å². The Labute approximate surface area is 121 Å². The lowest BCUT2D eigenvalue weighted by Gasteiger charge is -2.36. The Bertz CT molecular complexity index is 464. The van der Waals surface area contributed by atoms with E-state index in [1.165, 1.54) is 19.3 Å². The molecule has 3 nitrogen and oxygen atoms in total. The average molecular weight is 275 g/mol. The average Bonchev–Trinajstić information content (AvgIpc) is 2.45. The van der Waals surface area contributed by atoms with Gasteiger partial charge >= 0.3 is 0 Å². The van der Waals surface area contributed by atoms with Gasteiger partial charge in [-0.05, 0) is 43.1 Å². The van der Waals surface area contributed by atoms with Crippen LogP contribution in [0.2, 0.25) is 0 Å². The third-order valence-electron chi connectivity index (χ3n) is 4.68. The highest BCUT2D eigenvalue weighted by molar-refractivity contribution is 5.49. The maximum atomic E-state index is 6.58. The van der Waals surface area contributed by atoms with Crippen molar-refractivity contribution in [2.24, 2.45) is 23.5 Å². The van der Waals surface area contributed by atoms with Gasteiger partial charge in [-0.2, -0.15) is 0 Å². The Morgan fingerprint density at radius 2 is 1.75 bits per heavy atom. The standard InChI is InChI=1S/C17H25NO2/c1-11-8-12(2)10-13(9-11)16(18)14-4-3-5-15-17(14)20-7-6-19-15/h3-5,11-13,16H,6-10,18H2,1-2H3. The highest BCUT2D eigenvalue weighted by Crippen LogP contribution is 2.43. The first-order valence-electron chi connectivity index (χ1n) is 7.79. The lowest BCUT2D eigenvalue weighted by atomic mass is 9.72. The highest BCUT2D eigenvalue weighted by Gasteiger charge is 2.31. The zero-order valence-electron chi connectivity index (χ0n) is 12.5. The molecule has 1 saturated carbocycles. The predicted octanol–water partition coefficient (Wildman–Crippen LogP) is 3.53. The van der Waals surface area contributed by atoms with Crippen LogP contribution in [0, 0.1) is 17.8 Å². The topological polar surface area (TPSA) is 44.5 Å². The zero-order valence-corrected chi connectivity index (χ0v) is 12.5. The highest BCUT2D eigenvalue weighted by atomic mass is 16.6. The van der Waals surface area contributed by atoms with Gasteiger partial charge in [0.25, 0.3) is 0 Å². The minimum Gasteiger partial charge on any atom is -0.486 e. The molecule has 0 radical (unpaired) electrons. The quantitative estimate of drug-likeness (QED) is 0.898. The summed E-state index contributed by atoms with van der Waals surface area (Å²) in [5.41, 5.74) is 7.70. The summed E-state index contributed by atoms with van der Waals surface area (Å²) < 4.78 is 11.5. The fourth-order valence-corrected chi connectivity index (χ4v) is 3.92. The summed E-state index contributed by atoms with van der Waals surface area (Å²) >= 11 is 0. The van der Waals surface area contributed by atoms with E-state index in [2.05, 4.69) is 19.9 Å². The number of para-hydroxylation sites is 1. The fourth-order valence-electron chi connectivity index (χ4n) is 3.92. The molecular formula is C17H25NO2. The van der Waals surface area contributed by atoms with Gasteiger partial charge in [0.2, 0.25) is 0 Å². The summed E-state index contributed by atoms with van der Waals surface area (Å²) in [6.07, 6.45) is 3.77. The predicted molar refractivity (Wildman–Crippen MR) is 80.0 cm³/mol. The van der Waals surface area contributed by atoms with E-state index < -0.39 is 0 Å². The van der Waals surface area contributed by atoms with Crippen molar-refractivity contribution < 1.29 is 9.47 Å². The molecule has 0 aromatic heterocycles. The van der Waals surface area contributed by atoms with Gasteiger partial charge in [-0.1, -0.05) is 26.0 Å². The molecule has 20 heavy (non-hydrogen) atoms. The fraction of sp³-hybridized carbons (Fsp3) is 0.647. The van der Waals surface area contributed by atoms with Crippen molar-refractivity contribution in [1.82, 2.24) is 0 Å². The smallest absolute Gasteiger partial charge is 0.166 e. The lowest BCUT2D eigenvalue weighted by molar-refractivity contribution is 0.162. The van der Waals surface area contributed by atoms with E-state index in [0.717, 1.165) is 28.9 Å². The van der Waals surface area contributed by atoms with Crippen molar-refractivity contribution >= 4 is 0 Å². The summed E-state index contributed by atoms with van der Waals surface area (Å²) in [6.45, 7) is 5.93. The van der Waals surface area contributed by atoms with Crippen molar-refractivity contribution in [2.75, 3.05) is 13.2 Å². The van der Waals surface area contributed by atoms with Crippen molar-refractivity contribution in [3.63, 3.8) is 0 Å². The van der Waals surface area contributed by atoms with E-state index in [1.807, 2.05) is 12.1 Å². The van der Waals surface area contributed by atoms with E-state index in [0.29, 0.717) is 19.1 Å². The summed E-state index contributed by atoms with van der Waals surface area (Å²) in [7, 11) is 0. The molecule has 1 aliphatic carbocycles. The van der Waals surface area contributed by atoms with Gasteiger partial charge in [0, 0.05) is 11.6 Å². The van der Waals surface area contributed by atoms with Crippen molar-refractivity contribution in [3.05, 3.63) is 23.8 Å². The molecule has 3 unspecified atom stereocenters. The number of fused-ring (bicyclic) bond motifs is 1. The molecule has 1 heterocycles. The molecule has 0 spiro atoms. The van der Waals surface area contributed by atoms with Gasteiger partial charge in [-0.3, -0.25) is 0 Å². The second kappa shape index (κ2) is 5.65. The number of hydrogen-bond acceptors (Lipinski definition) is 3. The number of hydrogen-bond donors (Lipinski definition) is 1. The zero-order chi connectivity index (χ0) is 14.1. The SMILES string of the molecule is CC1CC(C)CC(C(N)c2cccc3c2OCCO3)C1. The third kappa shape index (κ3) is 2.64. The minimum absolute atomic E-state index is 0.0526. The monoisotopic (exact) mass is 275 g/mol. The van der Waals surface area contributed by atoms with E-state index >= 15 is 0 Å². The summed E-state index contributed by atoms with van der Waals surface area (Å²) in [6, 6.07) is 6.15. The molecule has 0 amide bonds. The molecule has 2 N–H and O–H groups in total. The van der Waals surface area contributed by atoms with Crippen LogP contribution >= 0.6 is 0 Å². The van der Waals surface area contributed by atoms with Gasteiger partial charge < -0.3 is 15.2 Å². The normalized spacial score (nSPS) is 30.9. The Kier molecular flexibility index (Phi) is 3.88. The first-order valence-corrected chi connectivity index (χ1v) is 7.79. The maximum Gasteiger partial charge on any atom is 0.166 e. The van der Waals surface area contributed by atoms with Gasteiger partial charge in [0.15, 0.2) is 11.5 Å². The van der Waals surface area contributed by atoms with Crippen LogP contribution in [-0.2, 0) is 0 Å². The van der Waals surface area contributed by atoms with Gasteiger partial charge in [0.1, 0.15) is 13.2 Å². The summed E-state index contributed by atoms with van der Waals surface area (Å²) in [5, 5.41) is 0. The van der Waals surface area contributed by atoms with Crippen LogP contribution in [0.1, 0.15) is 44.7 Å². The van der Waals surface area contributed by atoms with Crippen LogP contribution in [0.4, 0.5) is 0 Å². The second-order valence-electron chi connectivity index (χ2n) is 6.57. The number of rotatable bonds is 2. The van der Waals surface area contributed by atoms with E-state index in [1.54, 1.807) is 0 Å². The Morgan fingerprint density at radius 3 is 2.50 bits per heavy atom. The first kappa shape index (κ1) is 13.7. The largest absolute Gasteiger partial charge is 0.486 e. The lowest BCUT2D eigenvalue weighted by Crippen LogP contribution is -2.30. The molecule has 3 atom stereocenters.